The first-order valence-corrected chi connectivity index (χ1v) is 10.2. The number of rotatable bonds is 4. The second-order valence-electron chi connectivity index (χ2n) is 9.73. The summed E-state index contributed by atoms with van der Waals surface area (Å²) in [5, 5.41) is 3.25. The highest BCUT2D eigenvalue weighted by Crippen LogP contribution is 2.60. The van der Waals surface area contributed by atoms with Gasteiger partial charge in [-0.15, -0.1) is 0 Å². The largest absolute Gasteiger partial charge is 0.372 e. The van der Waals surface area contributed by atoms with Gasteiger partial charge < -0.3 is 5.32 Å². The van der Waals surface area contributed by atoms with Crippen LogP contribution in [0.15, 0.2) is 24.3 Å². The molecule has 0 unspecified atom stereocenters. The summed E-state index contributed by atoms with van der Waals surface area (Å²) in [6.45, 7) is 5.66. The molecule has 5 rings (SSSR count). The Morgan fingerprint density at radius 1 is 1.00 bits per heavy atom. The van der Waals surface area contributed by atoms with E-state index >= 15 is 0 Å². The molecule has 27 heavy (non-hydrogen) atoms. The average Bonchev–Trinajstić information content (AvgIpc) is 2.57. The van der Waals surface area contributed by atoms with Crippen LogP contribution in [0.25, 0.3) is 0 Å². The highest BCUT2D eigenvalue weighted by Gasteiger charge is 2.54. The summed E-state index contributed by atoms with van der Waals surface area (Å²) in [6, 6.07) is 7.92. The maximum Gasteiger partial charge on any atom is 0.263 e. The number of aryl methyl sites for hydroxylation is 1. The van der Waals surface area contributed by atoms with Crippen LogP contribution in [0.4, 0.5) is 5.69 Å². The molecule has 4 aliphatic rings. The van der Waals surface area contributed by atoms with Crippen molar-refractivity contribution in [2.75, 3.05) is 5.32 Å². The van der Waals surface area contributed by atoms with Gasteiger partial charge in [0.15, 0.2) is 0 Å². The van der Waals surface area contributed by atoms with Gasteiger partial charge in [-0.2, -0.15) is 0 Å². The number of hydrogen-bond donors (Lipinski definition) is 3. The number of amides is 2. The van der Waals surface area contributed by atoms with Gasteiger partial charge in [-0.25, -0.2) is 0 Å². The zero-order valence-electron chi connectivity index (χ0n) is 16.6. The summed E-state index contributed by atoms with van der Waals surface area (Å²) in [6.07, 6.45) is 6.87. The molecule has 0 heterocycles. The average molecular weight is 370 g/mol. The fourth-order valence-electron chi connectivity index (χ4n) is 5.93. The molecule has 2 amide bonds. The molecular formula is C22H31N3O2. The van der Waals surface area contributed by atoms with Crippen molar-refractivity contribution in [3.05, 3.63) is 29.8 Å². The predicted octanol–water partition coefficient (Wildman–Crippen LogP) is 3.55. The minimum Gasteiger partial charge on any atom is -0.372 e. The molecule has 5 nitrogen and oxygen atoms in total. The van der Waals surface area contributed by atoms with Gasteiger partial charge in [0, 0.05) is 5.69 Å². The molecule has 0 radical (unpaired) electrons. The fraction of sp³-hybridized carbons (Fsp3) is 0.636. The third-order valence-corrected chi connectivity index (χ3v) is 6.85. The lowest BCUT2D eigenvalue weighted by atomic mass is 9.49. The fourth-order valence-corrected chi connectivity index (χ4v) is 5.93. The van der Waals surface area contributed by atoms with Gasteiger partial charge in [-0.1, -0.05) is 12.1 Å². The zero-order valence-corrected chi connectivity index (χ0v) is 16.6. The van der Waals surface area contributed by atoms with Gasteiger partial charge in [-0.3, -0.25) is 20.4 Å². The number of hydrazine groups is 1. The second kappa shape index (κ2) is 6.54. The van der Waals surface area contributed by atoms with Crippen molar-refractivity contribution in [1.29, 1.82) is 0 Å². The maximum absolute atomic E-state index is 13.0. The van der Waals surface area contributed by atoms with Crippen molar-refractivity contribution in [1.82, 2.24) is 10.9 Å². The van der Waals surface area contributed by atoms with Crippen LogP contribution in [0, 0.1) is 30.1 Å². The Balaban J connectivity index is 1.36. The van der Waals surface area contributed by atoms with E-state index < -0.39 is 5.54 Å². The number of benzene rings is 1. The number of hydrogen-bond acceptors (Lipinski definition) is 3. The number of carbonyl (C=O) groups is 2. The molecule has 0 aliphatic heterocycles. The van der Waals surface area contributed by atoms with Crippen LogP contribution in [0.2, 0.25) is 0 Å². The summed E-state index contributed by atoms with van der Waals surface area (Å²) in [5.41, 5.74) is 6.38. The monoisotopic (exact) mass is 369 g/mol. The van der Waals surface area contributed by atoms with Gasteiger partial charge in [0.1, 0.15) is 5.54 Å². The summed E-state index contributed by atoms with van der Waals surface area (Å²) in [4.78, 5) is 25.7. The first-order valence-electron chi connectivity index (χ1n) is 10.2. The Morgan fingerprint density at radius 3 is 2.15 bits per heavy atom. The molecule has 4 bridgehead atoms. The molecule has 146 valence electrons. The highest BCUT2D eigenvalue weighted by molar-refractivity contribution is 5.91. The maximum atomic E-state index is 13.0. The van der Waals surface area contributed by atoms with Crippen LogP contribution in [-0.2, 0) is 9.59 Å². The summed E-state index contributed by atoms with van der Waals surface area (Å²) in [5.74, 6) is 1.90. The Kier molecular flexibility index (Phi) is 4.44. The van der Waals surface area contributed by atoms with Crippen LogP contribution in [-0.4, -0.2) is 17.4 Å². The molecule has 4 fully saturated rings. The van der Waals surface area contributed by atoms with Crippen LogP contribution >= 0.6 is 0 Å². The summed E-state index contributed by atoms with van der Waals surface area (Å²) in [7, 11) is 0. The molecule has 4 saturated carbocycles. The van der Waals surface area contributed by atoms with E-state index in [2.05, 4.69) is 16.2 Å². The molecule has 4 aliphatic carbocycles. The molecule has 0 aromatic heterocycles. The molecule has 0 saturated heterocycles. The van der Waals surface area contributed by atoms with Crippen LogP contribution in [0.5, 0.6) is 0 Å². The van der Waals surface area contributed by atoms with Crippen molar-refractivity contribution >= 4 is 17.5 Å². The molecule has 1 aromatic carbocycles. The first kappa shape index (κ1) is 18.3. The van der Waals surface area contributed by atoms with Crippen LogP contribution in [0.3, 0.4) is 0 Å². The van der Waals surface area contributed by atoms with Gasteiger partial charge in [0.05, 0.1) is 5.41 Å². The zero-order chi connectivity index (χ0) is 19.2. The third kappa shape index (κ3) is 3.56. The Labute approximate surface area is 161 Å². The minimum atomic E-state index is -0.831. The van der Waals surface area contributed by atoms with E-state index in [4.69, 9.17) is 0 Å². The number of carbonyl (C=O) groups excluding carboxylic acids is 2. The third-order valence-electron chi connectivity index (χ3n) is 6.85. The predicted molar refractivity (Wildman–Crippen MR) is 106 cm³/mol. The van der Waals surface area contributed by atoms with Crippen molar-refractivity contribution in [3.8, 4) is 0 Å². The van der Waals surface area contributed by atoms with E-state index in [9.17, 15) is 9.59 Å². The van der Waals surface area contributed by atoms with E-state index in [1.54, 1.807) is 0 Å². The number of nitrogens with one attached hydrogen (secondary N) is 3. The molecule has 3 N–H and O–H groups in total. The summed E-state index contributed by atoms with van der Waals surface area (Å²) < 4.78 is 0. The van der Waals surface area contributed by atoms with Gasteiger partial charge in [0.2, 0.25) is 5.91 Å². The van der Waals surface area contributed by atoms with Gasteiger partial charge in [-0.05, 0) is 94.7 Å². The van der Waals surface area contributed by atoms with Crippen molar-refractivity contribution in [3.63, 3.8) is 0 Å². The van der Waals surface area contributed by atoms with E-state index in [0.717, 1.165) is 30.5 Å². The Hall–Kier alpha value is -2.04. The van der Waals surface area contributed by atoms with E-state index in [1.807, 2.05) is 45.0 Å². The second-order valence-corrected chi connectivity index (χ2v) is 9.73. The van der Waals surface area contributed by atoms with Crippen molar-refractivity contribution in [2.45, 2.75) is 64.8 Å². The van der Waals surface area contributed by atoms with E-state index in [1.165, 1.54) is 19.3 Å². The molecule has 0 spiro atoms. The Morgan fingerprint density at radius 2 is 1.59 bits per heavy atom. The summed E-state index contributed by atoms with van der Waals surface area (Å²) >= 11 is 0. The standard InChI is InChI=1S/C22H31N3O2/c1-14-5-4-6-18(7-14)23-21(2,3)19(26)24-25-20(27)22-11-15-8-16(12-22)10-17(9-15)13-22/h4-7,15-17,23H,8-13H2,1-3H3,(H,24,26)(H,25,27). The normalized spacial score (nSPS) is 31.4. The van der Waals surface area contributed by atoms with Crippen molar-refractivity contribution in [2.24, 2.45) is 23.2 Å². The number of anilines is 1. The van der Waals surface area contributed by atoms with Crippen LogP contribution < -0.4 is 16.2 Å². The lowest BCUT2D eigenvalue weighted by Crippen LogP contribution is -2.59. The van der Waals surface area contributed by atoms with Gasteiger partial charge in [0.25, 0.3) is 5.91 Å². The van der Waals surface area contributed by atoms with E-state index in [-0.39, 0.29) is 17.2 Å². The molecule has 5 heteroatoms. The molecular weight excluding hydrogens is 338 g/mol. The minimum absolute atomic E-state index is 0.0151. The van der Waals surface area contributed by atoms with Crippen LogP contribution in [0.1, 0.15) is 57.9 Å². The smallest absolute Gasteiger partial charge is 0.263 e. The lowest BCUT2D eigenvalue weighted by Gasteiger charge is -2.55. The van der Waals surface area contributed by atoms with E-state index in [0.29, 0.717) is 17.8 Å². The SMILES string of the molecule is Cc1cccc(NC(C)(C)C(=O)NNC(=O)C23CC4CC(CC(C4)C2)C3)c1. The molecule has 1 aromatic rings. The lowest BCUT2D eigenvalue weighted by molar-refractivity contribution is -0.149. The quantitative estimate of drug-likeness (QED) is 0.711. The highest BCUT2D eigenvalue weighted by atomic mass is 16.2. The Bertz CT molecular complexity index is 720. The van der Waals surface area contributed by atoms with Crippen molar-refractivity contribution < 1.29 is 9.59 Å². The topological polar surface area (TPSA) is 70.2 Å². The molecule has 0 atom stereocenters. The van der Waals surface area contributed by atoms with Gasteiger partial charge >= 0.3 is 0 Å². The first-order chi connectivity index (χ1) is 12.8.